The van der Waals surface area contributed by atoms with Crippen LogP contribution in [0.2, 0.25) is 0 Å². The topological polar surface area (TPSA) is 99.9 Å². The fourth-order valence-corrected chi connectivity index (χ4v) is 2.43. The molecule has 0 unspecified atom stereocenters. The maximum absolute atomic E-state index is 12.5. The first-order valence-electron chi connectivity index (χ1n) is 8.15. The van der Waals surface area contributed by atoms with Crippen LogP contribution >= 0.6 is 0 Å². The Morgan fingerprint density at radius 3 is 2.63 bits per heavy atom. The van der Waals surface area contributed by atoms with Crippen molar-refractivity contribution in [2.24, 2.45) is 0 Å². The number of carbonyl (C=O) groups is 1. The van der Waals surface area contributed by atoms with Crippen LogP contribution in [-0.4, -0.2) is 23.0 Å². The van der Waals surface area contributed by atoms with E-state index in [-0.39, 0.29) is 11.6 Å². The number of aryl methyl sites for hydroxylation is 1. The zero-order valence-corrected chi connectivity index (χ0v) is 14.9. The maximum Gasteiger partial charge on any atom is 0.274 e. The van der Waals surface area contributed by atoms with Crippen molar-refractivity contribution in [3.05, 3.63) is 71.5 Å². The Balaban J connectivity index is 1.81. The van der Waals surface area contributed by atoms with Gasteiger partial charge in [0, 0.05) is 23.1 Å². The number of aromatic nitrogens is 2. The number of ether oxygens (including phenoxy) is 1. The van der Waals surface area contributed by atoms with Gasteiger partial charge in [-0.1, -0.05) is 12.1 Å². The van der Waals surface area contributed by atoms with Crippen molar-refractivity contribution in [1.29, 1.82) is 5.26 Å². The van der Waals surface area contributed by atoms with E-state index in [0.29, 0.717) is 28.6 Å². The zero-order valence-electron chi connectivity index (χ0n) is 14.9. The lowest BCUT2D eigenvalue weighted by Gasteiger charge is -2.10. The van der Waals surface area contributed by atoms with Gasteiger partial charge in [0.25, 0.3) is 5.91 Å². The average Bonchev–Trinajstić information content (AvgIpc) is 2.67. The Kier molecular flexibility index (Phi) is 5.28. The third kappa shape index (κ3) is 4.58. The lowest BCUT2D eigenvalue weighted by Crippen LogP contribution is -2.15. The number of carbonyl (C=O) groups excluding carboxylic acids is 1. The van der Waals surface area contributed by atoms with Gasteiger partial charge in [-0.15, -0.1) is 0 Å². The van der Waals surface area contributed by atoms with Gasteiger partial charge >= 0.3 is 0 Å². The van der Waals surface area contributed by atoms with Crippen LogP contribution in [0.3, 0.4) is 0 Å². The highest BCUT2D eigenvalue weighted by Gasteiger charge is 2.12. The highest BCUT2D eigenvalue weighted by molar-refractivity contribution is 6.03. The molecule has 2 aromatic carbocycles. The van der Waals surface area contributed by atoms with E-state index in [0.717, 1.165) is 5.69 Å². The summed E-state index contributed by atoms with van der Waals surface area (Å²) >= 11 is 0. The monoisotopic (exact) mass is 359 g/mol. The van der Waals surface area contributed by atoms with Crippen molar-refractivity contribution in [1.82, 2.24) is 9.97 Å². The maximum atomic E-state index is 12.5. The summed E-state index contributed by atoms with van der Waals surface area (Å²) in [6.45, 7) is 1.78. The molecule has 0 fully saturated rings. The molecule has 0 spiro atoms. The molecule has 0 aliphatic carbocycles. The van der Waals surface area contributed by atoms with Crippen molar-refractivity contribution in [3.8, 4) is 11.8 Å². The molecule has 0 aliphatic heterocycles. The fourth-order valence-electron chi connectivity index (χ4n) is 2.43. The van der Waals surface area contributed by atoms with Crippen LogP contribution in [0.25, 0.3) is 0 Å². The van der Waals surface area contributed by atoms with Crippen LogP contribution < -0.4 is 15.4 Å². The molecule has 2 N–H and O–H groups in total. The lowest BCUT2D eigenvalue weighted by atomic mass is 10.2. The summed E-state index contributed by atoms with van der Waals surface area (Å²) in [5.74, 6) is 0.617. The van der Waals surface area contributed by atoms with Gasteiger partial charge in [0.2, 0.25) is 5.95 Å². The minimum Gasteiger partial charge on any atom is -0.497 e. The molecule has 3 aromatic rings. The molecule has 134 valence electrons. The average molecular weight is 359 g/mol. The highest BCUT2D eigenvalue weighted by Crippen LogP contribution is 2.20. The van der Waals surface area contributed by atoms with Crippen LogP contribution in [0, 0.1) is 18.3 Å². The van der Waals surface area contributed by atoms with Crippen molar-refractivity contribution in [3.63, 3.8) is 0 Å². The van der Waals surface area contributed by atoms with Crippen molar-refractivity contribution < 1.29 is 9.53 Å². The third-order valence-corrected chi connectivity index (χ3v) is 3.66. The first-order chi connectivity index (χ1) is 13.1. The summed E-state index contributed by atoms with van der Waals surface area (Å²) in [6, 6.07) is 17.6. The van der Waals surface area contributed by atoms with Gasteiger partial charge in [-0.3, -0.25) is 4.79 Å². The number of nitrogens with one attached hydrogen (secondary N) is 2. The quantitative estimate of drug-likeness (QED) is 0.721. The van der Waals surface area contributed by atoms with Gasteiger partial charge < -0.3 is 15.4 Å². The van der Waals surface area contributed by atoms with E-state index >= 15 is 0 Å². The number of amides is 1. The number of methoxy groups -OCH3 is 1. The molecule has 27 heavy (non-hydrogen) atoms. The molecule has 0 bridgehead atoms. The molecule has 1 heterocycles. The van der Waals surface area contributed by atoms with Crippen LogP contribution in [0.15, 0.2) is 54.6 Å². The number of anilines is 3. The Bertz CT molecular complexity index is 1030. The molecule has 7 heteroatoms. The fraction of sp³-hybridized carbons (Fsp3) is 0.100. The smallest absolute Gasteiger partial charge is 0.274 e. The Labute approximate surface area is 156 Å². The first-order valence-corrected chi connectivity index (χ1v) is 8.15. The predicted molar refractivity (Wildman–Crippen MR) is 102 cm³/mol. The minimum atomic E-state index is -0.385. The number of nitriles is 1. The first kappa shape index (κ1) is 17.9. The molecule has 0 aliphatic rings. The molecule has 0 radical (unpaired) electrons. The third-order valence-electron chi connectivity index (χ3n) is 3.66. The molecule has 7 nitrogen and oxygen atoms in total. The second-order valence-electron chi connectivity index (χ2n) is 5.72. The van der Waals surface area contributed by atoms with Gasteiger partial charge in [-0.25, -0.2) is 9.97 Å². The Morgan fingerprint density at radius 2 is 1.85 bits per heavy atom. The molecular weight excluding hydrogens is 342 g/mol. The molecule has 1 aromatic heterocycles. The standard InChI is InChI=1S/C20H17N5O2/c1-13-9-18(19(26)23-15-6-3-5-14(10-15)12-21)25-20(22-13)24-16-7-4-8-17(11-16)27-2/h3-11H,1-2H3,(H,23,26)(H,22,24,25). The molecule has 0 saturated heterocycles. The molecular formula is C20H17N5O2. The normalized spacial score (nSPS) is 9.96. The number of hydrogen-bond donors (Lipinski definition) is 2. The van der Waals surface area contributed by atoms with Gasteiger partial charge in [0.15, 0.2) is 0 Å². The van der Waals surface area contributed by atoms with Gasteiger partial charge in [0.05, 0.1) is 18.7 Å². The van der Waals surface area contributed by atoms with E-state index in [1.54, 1.807) is 50.4 Å². The predicted octanol–water partition coefficient (Wildman–Crippen LogP) is 3.66. The van der Waals surface area contributed by atoms with E-state index < -0.39 is 0 Å². The van der Waals surface area contributed by atoms with Gasteiger partial charge in [-0.05, 0) is 43.3 Å². The largest absolute Gasteiger partial charge is 0.497 e. The molecule has 3 rings (SSSR count). The minimum absolute atomic E-state index is 0.218. The van der Waals surface area contributed by atoms with E-state index in [1.807, 2.05) is 24.3 Å². The Morgan fingerprint density at radius 1 is 1.07 bits per heavy atom. The Hall–Kier alpha value is -3.92. The van der Waals surface area contributed by atoms with Gasteiger partial charge in [0.1, 0.15) is 11.4 Å². The summed E-state index contributed by atoms with van der Waals surface area (Å²) in [5, 5.41) is 14.8. The van der Waals surface area contributed by atoms with Crippen LogP contribution in [0.5, 0.6) is 5.75 Å². The summed E-state index contributed by atoms with van der Waals surface area (Å²) in [5.41, 5.74) is 2.60. The zero-order chi connectivity index (χ0) is 19.2. The second kappa shape index (κ2) is 7.97. The van der Waals surface area contributed by atoms with Crippen LogP contribution in [-0.2, 0) is 0 Å². The molecule has 0 saturated carbocycles. The van der Waals surface area contributed by atoms with Crippen molar-refractivity contribution in [2.45, 2.75) is 6.92 Å². The van der Waals surface area contributed by atoms with E-state index in [1.165, 1.54) is 0 Å². The number of benzene rings is 2. The van der Waals surface area contributed by atoms with E-state index in [2.05, 4.69) is 20.6 Å². The summed E-state index contributed by atoms with van der Waals surface area (Å²) < 4.78 is 5.20. The SMILES string of the molecule is COc1cccc(Nc2nc(C)cc(C(=O)Nc3cccc(C#N)c3)n2)c1. The van der Waals surface area contributed by atoms with E-state index in [4.69, 9.17) is 10.00 Å². The van der Waals surface area contributed by atoms with Crippen LogP contribution in [0.4, 0.5) is 17.3 Å². The van der Waals surface area contributed by atoms with E-state index in [9.17, 15) is 4.79 Å². The van der Waals surface area contributed by atoms with Crippen molar-refractivity contribution in [2.75, 3.05) is 17.7 Å². The summed E-state index contributed by atoms with van der Waals surface area (Å²) in [4.78, 5) is 21.1. The summed E-state index contributed by atoms with van der Waals surface area (Å²) in [6.07, 6.45) is 0. The van der Waals surface area contributed by atoms with Crippen LogP contribution in [0.1, 0.15) is 21.7 Å². The number of hydrogen-bond acceptors (Lipinski definition) is 6. The molecule has 0 atom stereocenters. The van der Waals surface area contributed by atoms with Crippen molar-refractivity contribution >= 4 is 23.2 Å². The number of nitrogens with zero attached hydrogens (tertiary/aromatic N) is 3. The summed E-state index contributed by atoms with van der Waals surface area (Å²) in [7, 11) is 1.59. The lowest BCUT2D eigenvalue weighted by molar-refractivity contribution is 0.102. The number of rotatable bonds is 5. The molecule has 1 amide bonds. The highest BCUT2D eigenvalue weighted by atomic mass is 16.5. The second-order valence-corrected chi connectivity index (χ2v) is 5.72. The van der Waals surface area contributed by atoms with Gasteiger partial charge in [-0.2, -0.15) is 5.26 Å².